The average molecular weight is 423 g/mol. The molecule has 0 aliphatic heterocycles. The van der Waals surface area contributed by atoms with Crippen LogP contribution in [0.25, 0.3) is 11.3 Å². The summed E-state index contributed by atoms with van der Waals surface area (Å²) in [4.78, 5) is 35.9. The first-order valence-corrected chi connectivity index (χ1v) is 9.31. The number of methoxy groups -OCH3 is 1. The molecule has 10 nitrogen and oxygen atoms in total. The molecule has 0 fully saturated rings. The molecule has 0 spiro atoms. The number of hydrogen-bond donors (Lipinski definition) is 4. The van der Waals surface area contributed by atoms with Crippen molar-refractivity contribution < 1.29 is 23.6 Å². The quantitative estimate of drug-likeness (QED) is 0.402. The SMILES string of the molecule is COc1ccccc1NCC(=O)NNC(=O)CNC(=O)c1cc(-c2ccccc2)on1. The van der Waals surface area contributed by atoms with Gasteiger partial charge >= 0.3 is 0 Å². The van der Waals surface area contributed by atoms with E-state index in [1.54, 1.807) is 24.3 Å². The molecule has 10 heteroatoms. The van der Waals surface area contributed by atoms with Crippen LogP contribution in [0, 0.1) is 0 Å². The van der Waals surface area contributed by atoms with Crippen molar-refractivity contribution in [1.82, 2.24) is 21.3 Å². The first kappa shape index (κ1) is 21.4. The Hall–Kier alpha value is -4.34. The number of rotatable bonds is 8. The number of amides is 3. The van der Waals surface area contributed by atoms with Crippen LogP contribution < -0.4 is 26.2 Å². The number of hydrazine groups is 1. The van der Waals surface area contributed by atoms with E-state index in [1.165, 1.54) is 13.2 Å². The zero-order valence-electron chi connectivity index (χ0n) is 16.7. The maximum absolute atomic E-state index is 12.1. The number of nitrogens with one attached hydrogen (secondary N) is 4. The van der Waals surface area contributed by atoms with Crippen LogP contribution in [-0.4, -0.2) is 43.1 Å². The topological polar surface area (TPSA) is 135 Å². The number of ether oxygens (including phenoxy) is 1. The summed E-state index contributed by atoms with van der Waals surface area (Å²) in [6, 6.07) is 17.8. The summed E-state index contributed by atoms with van der Waals surface area (Å²) in [5.41, 5.74) is 5.92. The Bertz CT molecular complexity index is 1050. The molecule has 0 bridgehead atoms. The Morgan fingerprint density at radius 1 is 0.935 bits per heavy atom. The molecule has 31 heavy (non-hydrogen) atoms. The van der Waals surface area contributed by atoms with Crippen LogP contribution in [0.15, 0.2) is 65.2 Å². The Kier molecular flexibility index (Phi) is 7.20. The smallest absolute Gasteiger partial charge is 0.273 e. The summed E-state index contributed by atoms with van der Waals surface area (Å²) in [5.74, 6) is -0.638. The minimum absolute atomic E-state index is 0.0386. The second kappa shape index (κ2) is 10.4. The number of carbonyl (C=O) groups excluding carboxylic acids is 3. The van der Waals surface area contributed by atoms with Gasteiger partial charge in [0.25, 0.3) is 17.7 Å². The highest BCUT2D eigenvalue weighted by Crippen LogP contribution is 2.22. The predicted octanol–water partition coefficient (Wildman–Crippen LogP) is 1.34. The first-order valence-electron chi connectivity index (χ1n) is 9.31. The fourth-order valence-electron chi connectivity index (χ4n) is 2.57. The number of benzene rings is 2. The molecular weight excluding hydrogens is 402 g/mol. The summed E-state index contributed by atoms with van der Waals surface area (Å²) in [6.07, 6.45) is 0. The van der Waals surface area contributed by atoms with E-state index in [-0.39, 0.29) is 18.8 Å². The minimum Gasteiger partial charge on any atom is -0.495 e. The maximum Gasteiger partial charge on any atom is 0.273 e. The number of anilines is 1. The van der Waals surface area contributed by atoms with E-state index in [9.17, 15) is 14.4 Å². The average Bonchev–Trinajstić information content (AvgIpc) is 3.31. The van der Waals surface area contributed by atoms with E-state index in [2.05, 4.69) is 26.6 Å². The van der Waals surface area contributed by atoms with Gasteiger partial charge in [-0.2, -0.15) is 0 Å². The molecular formula is C21H21N5O5. The third kappa shape index (κ3) is 6.07. The highest BCUT2D eigenvalue weighted by molar-refractivity contribution is 5.95. The number of para-hydroxylation sites is 2. The van der Waals surface area contributed by atoms with Gasteiger partial charge in [-0.1, -0.05) is 47.6 Å². The maximum atomic E-state index is 12.1. The Morgan fingerprint density at radius 2 is 1.61 bits per heavy atom. The summed E-state index contributed by atoms with van der Waals surface area (Å²) in [5, 5.41) is 9.01. The molecule has 3 aromatic rings. The largest absolute Gasteiger partial charge is 0.495 e. The van der Waals surface area contributed by atoms with Crippen molar-refractivity contribution in [2.75, 3.05) is 25.5 Å². The number of nitrogens with zero attached hydrogens (tertiary/aromatic N) is 1. The lowest BCUT2D eigenvalue weighted by Crippen LogP contribution is -2.48. The van der Waals surface area contributed by atoms with Gasteiger partial charge in [0.05, 0.1) is 25.9 Å². The van der Waals surface area contributed by atoms with E-state index in [4.69, 9.17) is 9.26 Å². The normalized spacial score (nSPS) is 10.1. The molecule has 160 valence electrons. The van der Waals surface area contributed by atoms with Gasteiger partial charge in [0, 0.05) is 11.6 Å². The molecule has 3 amide bonds. The van der Waals surface area contributed by atoms with Gasteiger partial charge in [0.2, 0.25) is 0 Å². The third-order valence-corrected chi connectivity index (χ3v) is 4.10. The summed E-state index contributed by atoms with van der Waals surface area (Å²) < 4.78 is 10.3. The summed E-state index contributed by atoms with van der Waals surface area (Å²) in [7, 11) is 1.52. The van der Waals surface area contributed by atoms with Gasteiger partial charge in [-0.15, -0.1) is 0 Å². The van der Waals surface area contributed by atoms with Crippen molar-refractivity contribution >= 4 is 23.4 Å². The molecule has 2 aromatic carbocycles. The van der Waals surface area contributed by atoms with Crippen molar-refractivity contribution in [3.63, 3.8) is 0 Å². The van der Waals surface area contributed by atoms with Gasteiger partial charge < -0.3 is 19.9 Å². The van der Waals surface area contributed by atoms with Gasteiger partial charge in [0.1, 0.15) is 5.75 Å². The zero-order valence-corrected chi connectivity index (χ0v) is 16.7. The van der Waals surface area contributed by atoms with Crippen molar-refractivity contribution in [3.8, 4) is 17.1 Å². The molecule has 0 radical (unpaired) electrons. The number of aromatic nitrogens is 1. The Balaban J connectivity index is 1.39. The van der Waals surface area contributed by atoms with E-state index in [0.717, 1.165) is 5.56 Å². The molecule has 4 N–H and O–H groups in total. The minimum atomic E-state index is -0.606. The fourth-order valence-corrected chi connectivity index (χ4v) is 2.57. The Morgan fingerprint density at radius 3 is 2.35 bits per heavy atom. The lowest BCUT2D eigenvalue weighted by molar-refractivity contribution is -0.127. The van der Waals surface area contributed by atoms with Gasteiger partial charge in [-0.25, -0.2) is 0 Å². The monoisotopic (exact) mass is 423 g/mol. The zero-order chi connectivity index (χ0) is 22.1. The lowest BCUT2D eigenvalue weighted by atomic mass is 10.1. The molecule has 3 rings (SSSR count). The van der Waals surface area contributed by atoms with E-state index < -0.39 is 17.7 Å². The van der Waals surface area contributed by atoms with Crippen molar-refractivity contribution in [2.24, 2.45) is 0 Å². The van der Waals surface area contributed by atoms with Crippen LogP contribution in [0.5, 0.6) is 5.75 Å². The molecule has 0 unspecified atom stereocenters. The highest BCUT2D eigenvalue weighted by atomic mass is 16.5. The van der Waals surface area contributed by atoms with E-state index >= 15 is 0 Å². The molecule has 0 atom stereocenters. The van der Waals surface area contributed by atoms with Crippen LogP contribution >= 0.6 is 0 Å². The predicted molar refractivity (Wildman–Crippen MR) is 112 cm³/mol. The lowest BCUT2D eigenvalue weighted by Gasteiger charge is -2.11. The van der Waals surface area contributed by atoms with E-state index in [1.807, 2.05) is 30.3 Å². The second-order valence-corrected chi connectivity index (χ2v) is 6.28. The number of hydrogen-bond acceptors (Lipinski definition) is 7. The van der Waals surface area contributed by atoms with Crippen LogP contribution in [0.2, 0.25) is 0 Å². The second-order valence-electron chi connectivity index (χ2n) is 6.28. The van der Waals surface area contributed by atoms with Crippen LogP contribution in [0.1, 0.15) is 10.5 Å². The van der Waals surface area contributed by atoms with Crippen LogP contribution in [0.4, 0.5) is 5.69 Å². The van der Waals surface area contributed by atoms with Gasteiger partial charge in [0.15, 0.2) is 11.5 Å². The van der Waals surface area contributed by atoms with E-state index in [0.29, 0.717) is 17.2 Å². The third-order valence-electron chi connectivity index (χ3n) is 4.10. The first-order chi connectivity index (χ1) is 15.1. The molecule has 0 aliphatic rings. The molecule has 0 saturated heterocycles. The van der Waals surface area contributed by atoms with Crippen LogP contribution in [-0.2, 0) is 9.59 Å². The van der Waals surface area contributed by atoms with Crippen molar-refractivity contribution in [2.45, 2.75) is 0 Å². The van der Waals surface area contributed by atoms with Gasteiger partial charge in [-0.05, 0) is 12.1 Å². The van der Waals surface area contributed by atoms with Crippen LogP contribution in [0.3, 0.4) is 0 Å². The Labute approximate surface area is 177 Å². The van der Waals surface area contributed by atoms with Gasteiger partial charge in [-0.3, -0.25) is 25.2 Å². The summed E-state index contributed by atoms with van der Waals surface area (Å²) >= 11 is 0. The highest BCUT2D eigenvalue weighted by Gasteiger charge is 2.15. The summed E-state index contributed by atoms with van der Waals surface area (Å²) in [6.45, 7) is -0.444. The number of carbonyl (C=O) groups is 3. The molecule has 1 heterocycles. The molecule has 0 saturated carbocycles. The van der Waals surface area contributed by atoms with Crippen molar-refractivity contribution in [1.29, 1.82) is 0 Å². The standard InChI is InChI=1S/C21H21N5O5/c1-30-17-10-6-5-9-15(17)22-12-19(27)24-25-20(28)13-23-21(29)16-11-18(31-26-16)14-7-3-2-4-8-14/h2-11,22H,12-13H2,1H3,(H,23,29)(H,24,27)(H,25,28). The molecule has 1 aromatic heterocycles. The van der Waals surface area contributed by atoms with Crippen molar-refractivity contribution in [3.05, 3.63) is 66.4 Å². The molecule has 0 aliphatic carbocycles. The fraction of sp³-hybridized carbons (Fsp3) is 0.143.